The molecule has 1 aromatic carbocycles. The minimum Gasteiger partial charge on any atom is -0.466 e. The van der Waals surface area contributed by atoms with Crippen LogP contribution in [0.2, 0.25) is 0 Å². The summed E-state index contributed by atoms with van der Waals surface area (Å²) in [6.45, 7) is 8.33. The molecule has 0 aliphatic heterocycles. The lowest BCUT2D eigenvalue weighted by molar-refractivity contribution is -0.143. The first-order valence-electron chi connectivity index (χ1n) is 7.42. The van der Waals surface area contributed by atoms with Gasteiger partial charge in [0, 0.05) is 0 Å². The van der Waals surface area contributed by atoms with Gasteiger partial charge in [-0.05, 0) is 37.3 Å². The molecule has 1 aromatic rings. The Balaban J connectivity index is 3.08. The Hall–Kier alpha value is -1.84. The number of benzene rings is 1. The molecule has 116 valence electrons. The maximum absolute atomic E-state index is 12.1. The predicted molar refractivity (Wildman–Crippen MR) is 81.2 cm³/mol. The Morgan fingerprint density at radius 1 is 1.05 bits per heavy atom. The molecule has 0 amide bonds. The number of hydrogen-bond donors (Lipinski definition) is 0. The molecule has 0 N–H and O–H groups in total. The van der Waals surface area contributed by atoms with Crippen LogP contribution < -0.4 is 0 Å². The van der Waals surface area contributed by atoms with E-state index < -0.39 is 0 Å². The van der Waals surface area contributed by atoms with Gasteiger partial charge in [0.2, 0.25) is 0 Å². The van der Waals surface area contributed by atoms with Gasteiger partial charge in [0.25, 0.3) is 0 Å². The fourth-order valence-corrected chi connectivity index (χ4v) is 2.32. The molecule has 0 bridgehead atoms. The summed E-state index contributed by atoms with van der Waals surface area (Å²) in [5.74, 6) is -0.438. The molecule has 4 heteroatoms. The van der Waals surface area contributed by atoms with E-state index in [9.17, 15) is 9.59 Å². The number of carbonyl (C=O) groups is 2. The molecule has 0 aromatic heterocycles. The van der Waals surface area contributed by atoms with Crippen LogP contribution in [0.5, 0.6) is 0 Å². The molecule has 4 nitrogen and oxygen atoms in total. The molecule has 0 spiro atoms. The molecular weight excluding hydrogens is 268 g/mol. The monoisotopic (exact) mass is 292 g/mol. The summed E-state index contributed by atoms with van der Waals surface area (Å²) in [6.07, 6.45) is 0.266. The van der Waals surface area contributed by atoms with Gasteiger partial charge in [0.15, 0.2) is 0 Å². The third-order valence-corrected chi connectivity index (χ3v) is 3.35. The fraction of sp³-hybridized carbons (Fsp3) is 0.529. The molecule has 21 heavy (non-hydrogen) atoms. The first kappa shape index (κ1) is 17.2. The summed E-state index contributed by atoms with van der Waals surface area (Å²) in [7, 11) is 0. The van der Waals surface area contributed by atoms with Gasteiger partial charge < -0.3 is 9.47 Å². The molecule has 1 atom stereocenters. The maximum Gasteiger partial charge on any atom is 0.338 e. The van der Waals surface area contributed by atoms with Crippen molar-refractivity contribution >= 4 is 11.9 Å². The Bertz CT molecular complexity index is 479. The molecule has 0 fully saturated rings. The van der Waals surface area contributed by atoms with Crippen LogP contribution in [0, 0.1) is 5.92 Å². The molecule has 0 aliphatic carbocycles. The Kier molecular flexibility index (Phi) is 6.92. The third kappa shape index (κ3) is 4.88. The molecule has 0 saturated heterocycles. The van der Waals surface area contributed by atoms with Gasteiger partial charge in [-0.25, -0.2) is 4.79 Å². The predicted octanol–water partition coefficient (Wildman–Crippen LogP) is 3.56. The van der Waals surface area contributed by atoms with Gasteiger partial charge in [-0.1, -0.05) is 32.0 Å². The van der Waals surface area contributed by atoms with Crippen molar-refractivity contribution in [1.82, 2.24) is 0 Å². The summed E-state index contributed by atoms with van der Waals surface area (Å²) in [5, 5.41) is 0. The van der Waals surface area contributed by atoms with E-state index >= 15 is 0 Å². The lowest BCUT2D eigenvalue weighted by Crippen LogP contribution is -2.18. The van der Waals surface area contributed by atoms with Crippen molar-refractivity contribution < 1.29 is 19.1 Å². The number of carbonyl (C=O) groups excluding carboxylic acids is 2. The number of ether oxygens (including phenoxy) is 2. The van der Waals surface area contributed by atoms with Crippen LogP contribution in [-0.4, -0.2) is 25.2 Å². The topological polar surface area (TPSA) is 52.6 Å². The Morgan fingerprint density at radius 2 is 1.67 bits per heavy atom. The second kappa shape index (κ2) is 8.45. The third-order valence-electron chi connectivity index (χ3n) is 3.35. The van der Waals surface area contributed by atoms with E-state index in [0.29, 0.717) is 18.8 Å². The van der Waals surface area contributed by atoms with Crippen molar-refractivity contribution in [3.05, 3.63) is 35.4 Å². The Morgan fingerprint density at radius 3 is 2.24 bits per heavy atom. The van der Waals surface area contributed by atoms with E-state index in [1.165, 1.54) is 0 Å². The van der Waals surface area contributed by atoms with Crippen LogP contribution in [0.15, 0.2) is 24.3 Å². The lowest BCUT2D eigenvalue weighted by Gasteiger charge is -2.22. The van der Waals surface area contributed by atoms with Crippen molar-refractivity contribution in [2.45, 2.75) is 40.0 Å². The molecule has 0 aliphatic rings. The van der Waals surface area contributed by atoms with Gasteiger partial charge in [0.05, 0.1) is 25.2 Å². The van der Waals surface area contributed by atoms with Crippen LogP contribution >= 0.6 is 0 Å². The zero-order chi connectivity index (χ0) is 15.8. The highest BCUT2D eigenvalue weighted by Crippen LogP contribution is 2.31. The van der Waals surface area contributed by atoms with E-state index in [2.05, 4.69) is 0 Å². The quantitative estimate of drug-likeness (QED) is 0.721. The Labute approximate surface area is 126 Å². The van der Waals surface area contributed by atoms with E-state index in [0.717, 1.165) is 5.56 Å². The summed E-state index contributed by atoms with van der Waals surface area (Å²) >= 11 is 0. The zero-order valence-corrected chi connectivity index (χ0v) is 13.2. The van der Waals surface area contributed by atoms with Gasteiger partial charge in [0.1, 0.15) is 0 Å². The van der Waals surface area contributed by atoms with Gasteiger partial charge in [-0.15, -0.1) is 0 Å². The highest BCUT2D eigenvalue weighted by atomic mass is 16.5. The summed E-state index contributed by atoms with van der Waals surface area (Å²) < 4.78 is 10.1. The normalized spacial score (nSPS) is 12.0. The van der Waals surface area contributed by atoms with Crippen molar-refractivity contribution in [2.24, 2.45) is 5.92 Å². The van der Waals surface area contributed by atoms with E-state index in [1.807, 2.05) is 26.0 Å². The largest absolute Gasteiger partial charge is 0.466 e. The van der Waals surface area contributed by atoms with Crippen molar-refractivity contribution in [3.63, 3.8) is 0 Å². The standard InChI is InChI=1S/C17H24O4/c1-5-20-16(18)11-15(12(3)4)13-9-7-8-10-14(13)17(19)21-6-2/h7-10,12,15H,5-6,11H2,1-4H3. The smallest absolute Gasteiger partial charge is 0.338 e. The summed E-state index contributed by atoms with van der Waals surface area (Å²) in [5.41, 5.74) is 1.38. The van der Waals surface area contributed by atoms with Crippen LogP contribution in [0.1, 0.15) is 56.0 Å². The average molecular weight is 292 g/mol. The van der Waals surface area contributed by atoms with Crippen LogP contribution in [-0.2, 0) is 14.3 Å². The first-order chi connectivity index (χ1) is 10.0. The van der Waals surface area contributed by atoms with Crippen molar-refractivity contribution in [1.29, 1.82) is 0 Å². The number of hydrogen-bond acceptors (Lipinski definition) is 4. The molecule has 0 saturated carbocycles. The van der Waals surface area contributed by atoms with E-state index in [4.69, 9.17) is 9.47 Å². The highest BCUT2D eigenvalue weighted by Gasteiger charge is 2.25. The average Bonchev–Trinajstić information content (AvgIpc) is 2.45. The van der Waals surface area contributed by atoms with E-state index in [1.54, 1.807) is 26.0 Å². The second-order valence-electron chi connectivity index (χ2n) is 5.17. The second-order valence-corrected chi connectivity index (χ2v) is 5.17. The molecular formula is C17H24O4. The highest BCUT2D eigenvalue weighted by molar-refractivity contribution is 5.91. The van der Waals surface area contributed by atoms with Gasteiger partial charge in [-0.2, -0.15) is 0 Å². The van der Waals surface area contributed by atoms with Gasteiger partial charge >= 0.3 is 11.9 Å². The maximum atomic E-state index is 12.1. The SMILES string of the molecule is CCOC(=O)CC(c1ccccc1C(=O)OCC)C(C)C. The minimum absolute atomic E-state index is 0.0651. The van der Waals surface area contributed by atoms with Crippen LogP contribution in [0.3, 0.4) is 0 Å². The summed E-state index contributed by atoms with van der Waals surface area (Å²) in [4.78, 5) is 23.9. The minimum atomic E-state index is -0.345. The number of esters is 2. The fourth-order valence-electron chi connectivity index (χ4n) is 2.32. The molecule has 0 heterocycles. The lowest BCUT2D eigenvalue weighted by atomic mass is 9.83. The van der Waals surface area contributed by atoms with Crippen molar-refractivity contribution in [3.8, 4) is 0 Å². The van der Waals surface area contributed by atoms with Gasteiger partial charge in [-0.3, -0.25) is 4.79 Å². The van der Waals surface area contributed by atoms with Crippen LogP contribution in [0.25, 0.3) is 0 Å². The number of rotatable bonds is 7. The molecule has 0 radical (unpaired) electrons. The molecule has 1 unspecified atom stereocenters. The summed E-state index contributed by atoms with van der Waals surface area (Å²) in [6, 6.07) is 7.31. The van der Waals surface area contributed by atoms with Crippen molar-refractivity contribution in [2.75, 3.05) is 13.2 Å². The zero-order valence-electron chi connectivity index (χ0n) is 13.2. The van der Waals surface area contributed by atoms with Crippen LogP contribution in [0.4, 0.5) is 0 Å². The first-order valence-corrected chi connectivity index (χ1v) is 7.42. The molecule has 1 rings (SSSR count). The van der Waals surface area contributed by atoms with E-state index in [-0.39, 0.29) is 30.2 Å².